The van der Waals surface area contributed by atoms with Crippen LogP contribution in [0.15, 0.2) is 78.9 Å². The zero-order chi connectivity index (χ0) is 28.5. The minimum Gasteiger partial charge on any atom is -0.462 e. The van der Waals surface area contributed by atoms with Gasteiger partial charge in [-0.25, -0.2) is 14.8 Å². The summed E-state index contributed by atoms with van der Waals surface area (Å²) >= 11 is 0. The van der Waals surface area contributed by atoms with E-state index in [0.717, 1.165) is 69.7 Å². The Hall–Kier alpha value is -4.71. The van der Waals surface area contributed by atoms with E-state index in [9.17, 15) is 4.79 Å². The Morgan fingerprint density at radius 3 is 2.44 bits per heavy atom. The molecule has 0 fully saturated rings. The van der Waals surface area contributed by atoms with Crippen molar-refractivity contribution in [3.8, 4) is 22.5 Å². The third-order valence-electron chi connectivity index (χ3n) is 7.79. The number of aromatic amines is 1. The van der Waals surface area contributed by atoms with Crippen LogP contribution in [0.5, 0.6) is 0 Å². The van der Waals surface area contributed by atoms with Gasteiger partial charge in [0, 0.05) is 19.0 Å². The first-order valence-electron chi connectivity index (χ1n) is 14.3. The smallest absolute Gasteiger partial charge is 0.338 e. The number of esters is 1. The highest BCUT2D eigenvalue weighted by atomic mass is 16.5. The highest BCUT2D eigenvalue weighted by molar-refractivity contribution is 5.97. The average Bonchev–Trinajstić information content (AvgIpc) is 3.56. The molecule has 206 valence electrons. The minimum absolute atomic E-state index is 0.301. The zero-order valence-corrected chi connectivity index (χ0v) is 24.0. The Labute approximate surface area is 240 Å². The van der Waals surface area contributed by atoms with Crippen LogP contribution in [0.4, 0.5) is 0 Å². The Kier molecular flexibility index (Phi) is 7.14. The number of hydrogen-bond acceptors (Lipinski definition) is 4. The van der Waals surface area contributed by atoms with Crippen LogP contribution in [-0.4, -0.2) is 32.1 Å². The highest BCUT2D eigenvalue weighted by Crippen LogP contribution is 2.35. The van der Waals surface area contributed by atoms with Crippen molar-refractivity contribution in [2.75, 3.05) is 6.61 Å². The first-order valence-corrected chi connectivity index (χ1v) is 14.3. The Morgan fingerprint density at radius 2 is 1.68 bits per heavy atom. The van der Waals surface area contributed by atoms with Crippen molar-refractivity contribution >= 4 is 28.0 Å². The maximum Gasteiger partial charge on any atom is 0.338 e. The number of hydrogen-bond donors (Lipinski definition) is 1. The van der Waals surface area contributed by atoms with E-state index >= 15 is 0 Å². The molecule has 0 amide bonds. The van der Waals surface area contributed by atoms with Gasteiger partial charge in [0.1, 0.15) is 11.6 Å². The zero-order valence-electron chi connectivity index (χ0n) is 24.0. The second kappa shape index (κ2) is 11.0. The van der Waals surface area contributed by atoms with Gasteiger partial charge >= 0.3 is 5.97 Å². The molecule has 0 aliphatic heterocycles. The number of ether oxygens (including phenoxy) is 1. The van der Waals surface area contributed by atoms with Crippen LogP contribution in [0.3, 0.4) is 0 Å². The molecule has 0 spiro atoms. The summed E-state index contributed by atoms with van der Waals surface area (Å²) in [6, 6.07) is 26.5. The molecule has 6 heteroatoms. The summed E-state index contributed by atoms with van der Waals surface area (Å²) < 4.78 is 7.47. The van der Waals surface area contributed by atoms with Gasteiger partial charge in [0.25, 0.3) is 0 Å². The number of nitrogens with zero attached hydrogens (tertiary/aromatic N) is 3. The third kappa shape index (κ3) is 4.91. The topological polar surface area (TPSA) is 72.8 Å². The van der Waals surface area contributed by atoms with Crippen molar-refractivity contribution < 1.29 is 9.53 Å². The molecule has 4 aromatic carbocycles. The summed E-state index contributed by atoms with van der Waals surface area (Å²) in [7, 11) is 2.08. The number of aromatic nitrogens is 4. The van der Waals surface area contributed by atoms with Crippen LogP contribution in [0.2, 0.25) is 0 Å². The number of carbonyl (C=O) groups is 1. The van der Waals surface area contributed by atoms with Gasteiger partial charge in [-0.2, -0.15) is 0 Å². The Balaban J connectivity index is 1.44. The fourth-order valence-electron chi connectivity index (χ4n) is 5.70. The number of H-pyrrole nitrogens is 1. The summed E-state index contributed by atoms with van der Waals surface area (Å²) in [5, 5.41) is 0. The molecule has 0 aliphatic rings. The number of aryl methyl sites for hydroxylation is 3. The van der Waals surface area contributed by atoms with Crippen molar-refractivity contribution in [1.29, 1.82) is 0 Å². The fourth-order valence-corrected chi connectivity index (χ4v) is 5.70. The van der Waals surface area contributed by atoms with Crippen LogP contribution < -0.4 is 0 Å². The monoisotopic (exact) mass is 542 g/mol. The largest absolute Gasteiger partial charge is 0.462 e. The van der Waals surface area contributed by atoms with Crippen LogP contribution in [-0.2, 0) is 24.6 Å². The molecule has 2 aromatic heterocycles. The van der Waals surface area contributed by atoms with E-state index in [-0.39, 0.29) is 5.97 Å². The number of nitrogens with one attached hydrogen (secondary N) is 1. The molecule has 6 aromatic rings. The molecule has 6 rings (SSSR count). The number of benzene rings is 4. The van der Waals surface area contributed by atoms with Crippen molar-refractivity contribution in [1.82, 2.24) is 19.5 Å². The lowest BCUT2D eigenvalue weighted by atomic mass is 9.92. The lowest BCUT2D eigenvalue weighted by molar-refractivity contribution is 0.0527. The summed E-state index contributed by atoms with van der Waals surface area (Å²) in [6.45, 7) is 6.51. The van der Waals surface area contributed by atoms with Gasteiger partial charge in [-0.3, -0.25) is 0 Å². The number of rotatable bonds is 8. The summed E-state index contributed by atoms with van der Waals surface area (Å²) in [4.78, 5) is 26.1. The van der Waals surface area contributed by atoms with Crippen LogP contribution in [0.25, 0.3) is 44.6 Å². The maximum atomic E-state index is 12.6. The Bertz CT molecular complexity index is 1880. The van der Waals surface area contributed by atoms with E-state index < -0.39 is 0 Å². The first-order chi connectivity index (χ1) is 20.0. The van der Waals surface area contributed by atoms with Gasteiger partial charge < -0.3 is 14.3 Å². The van der Waals surface area contributed by atoms with E-state index in [1.807, 2.05) is 37.3 Å². The molecule has 0 aliphatic carbocycles. The van der Waals surface area contributed by atoms with E-state index in [0.29, 0.717) is 12.2 Å². The molecular formula is C35H34N4O2. The Morgan fingerprint density at radius 1 is 0.927 bits per heavy atom. The van der Waals surface area contributed by atoms with Gasteiger partial charge in [0.05, 0.1) is 34.2 Å². The summed E-state index contributed by atoms with van der Waals surface area (Å²) in [6.07, 6.45) is 2.69. The molecule has 0 unspecified atom stereocenters. The van der Waals surface area contributed by atoms with Crippen LogP contribution in [0, 0.1) is 6.92 Å². The molecule has 0 saturated heterocycles. The number of para-hydroxylation sites is 2. The predicted octanol–water partition coefficient (Wildman–Crippen LogP) is 7.81. The second-order valence-corrected chi connectivity index (χ2v) is 10.5. The van der Waals surface area contributed by atoms with Gasteiger partial charge in [0.15, 0.2) is 0 Å². The van der Waals surface area contributed by atoms with Crippen LogP contribution in [0.1, 0.15) is 53.1 Å². The normalized spacial score (nSPS) is 11.4. The van der Waals surface area contributed by atoms with E-state index in [1.165, 1.54) is 16.7 Å². The van der Waals surface area contributed by atoms with Crippen LogP contribution >= 0.6 is 0 Å². The summed E-state index contributed by atoms with van der Waals surface area (Å²) in [5.74, 6) is 1.66. The molecule has 6 nitrogen and oxygen atoms in total. The highest BCUT2D eigenvalue weighted by Gasteiger charge is 2.20. The van der Waals surface area contributed by atoms with E-state index in [1.54, 1.807) is 0 Å². The third-order valence-corrected chi connectivity index (χ3v) is 7.79. The molecular weight excluding hydrogens is 508 g/mol. The fraction of sp³-hybridized carbons (Fsp3) is 0.229. The minimum atomic E-state index is -0.301. The van der Waals surface area contributed by atoms with Gasteiger partial charge in [0.2, 0.25) is 0 Å². The lowest BCUT2D eigenvalue weighted by Crippen LogP contribution is -2.06. The van der Waals surface area contributed by atoms with Crippen molar-refractivity contribution in [2.45, 2.75) is 40.0 Å². The molecule has 0 atom stereocenters. The molecule has 2 heterocycles. The average molecular weight is 543 g/mol. The second-order valence-electron chi connectivity index (χ2n) is 10.5. The lowest BCUT2D eigenvalue weighted by Gasteiger charge is -2.15. The van der Waals surface area contributed by atoms with E-state index in [4.69, 9.17) is 14.7 Å². The van der Waals surface area contributed by atoms with E-state index in [2.05, 4.69) is 79.0 Å². The van der Waals surface area contributed by atoms with Crippen molar-refractivity contribution in [3.05, 3.63) is 107 Å². The van der Waals surface area contributed by atoms with Gasteiger partial charge in [-0.05, 0) is 78.8 Å². The van der Waals surface area contributed by atoms with Gasteiger partial charge in [-0.15, -0.1) is 0 Å². The van der Waals surface area contributed by atoms with Gasteiger partial charge in [-0.1, -0.05) is 61.5 Å². The molecule has 1 N–H and O–H groups in total. The standard InChI is InChI=1S/C35H34N4O2/c1-5-11-32-36-30-21-28(34-37-29-14-9-10-15-31(29)39(34)4)27(22(3)33(30)38-32)20-23-16-18-24(19-17-23)25-12-7-8-13-26(25)35(40)41-6-2/h7-10,12-19,21H,5-6,11,20H2,1-4H3,(H,36,38). The predicted molar refractivity (Wildman–Crippen MR) is 165 cm³/mol. The molecule has 0 saturated carbocycles. The first kappa shape index (κ1) is 26.5. The number of imidazole rings is 2. The number of carbonyl (C=O) groups excluding carboxylic acids is 1. The number of fused-ring (bicyclic) bond motifs is 2. The molecule has 41 heavy (non-hydrogen) atoms. The molecule has 0 radical (unpaired) electrons. The quantitative estimate of drug-likeness (QED) is 0.199. The SMILES string of the molecule is CCCc1nc2c(C)c(Cc3ccc(-c4ccccc4C(=O)OCC)cc3)c(-c3nc4ccccc4n3C)cc2[nH]1. The molecule has 0 bridgehead atoms. The summed E-state index contributed by atoms with van der Waals surface area (Å²) in [5.41, 5.74) is 11.2. The maximum absolute atomic E-state index is 12.6. The van der Waals surface area contributed by atoms with Crippen molar-refractivity contribution in [2.24, 2.45) is 7.05 Å². The van der Waals surface area contributed by atoms with Crippen molar-refractivity contribution in [3.63, 3.8) is 0 Å².